The summed E-state index contributed by atoms with van der Waals surface area (Å²) in [5.74, 6) is -2.69. The van der Waals surface area contributed by atoms with E-state index in [4.69, 9.17) is 4.74 Å². The summed E-state index contributed by atoms with van der Waals surface area (Å²) in [7, 11) is 1.38. The minimum atomic E-state index is -1.06. The van der Waals surface area contributed by atoms with Crippen molar-refractivity contribution in [3.05, 3.63) is 88.7 Å². The summed E-state index contributed by atoms with van der Waals surface area (Å²) in [6.45, 7) is 2.04. The Kier molecular flexibility index (Phi) is 5.93. The van der Waals surface area contributed by atoms with Gasteiger partial charge in [-0.05, 0) is 66.1 Å². The number of phenols is 1. The summed E-state index contributed by atoms with van der Waals surface area (Å²) < 4.78 is 19.6. The van der Waals surface area contributed by atoms with Gasteiger partial charge in [0.15, 0.2) is 16.6 Å². The van der Waals surface area contributed by atoms with E-state index in [0.29, 0.717) is 11.1 Å². The lowest BCUT2D eigenvalue weighted by Crippen LogP contribution is -2.29. The van der Waals surface area contributed by atoms with Crippen LogP contribution in [-0.4, -0.2) is 34.0 Å². The van der Waals surface area contributed by atoms with E-state index in [9.17, 15) is 24.2 Å². The predicted octanol–water partition coefficient (Wildman–Crippen LogP) is 5.34. The maximum atomic E-state index is 13.5. The summed E-state index contributed by atoms with van der Waals surface area (Å²) in [5.41, 5.74) is 2.21. The van der Waals surface area contributed by atoms with Gasteiger partial charge in [0.25, 0.3) is 5.78 Å². The third-order valence-corrected chi connectivity index (χ3v) is 7.15. The van der Waals surface area contributed by atoms with Crippen molar-refractivity contribution in [1.82, 2.24) is 4.98 Å². The standard InChI is InChI=1S/C27H21FN2O5S/c1-3-14-4-10-18-21(12-14)36-27(29-18)30-23(16-7-11-19(31)20(13-16)35-2)22(25(33)26(30)34)24(32)15-5-8-17(28)9-6-15/h4-13,23,31-32H,3H2,1-2H3/t23-/m1/s1. The van der Waals surface area contributed by atoms with Crippen molar-refractivity contribution in [3.8, 4) is 11.5 Å². The molecule has 9 heteroatoms. The second kappa shape index (κ2) is 9.09. The highest BCUT2D eigenvalue weighted by Crippen LogP contribution is 2.45. The van der Waals surface area contributed by atoms with E-state index in [1.807, 2.05) is 25.1 Å². The van der Waals surface area contributed by atoms with Gasteiger partial charge in [-0.25, -0.2) is 9.37 Å². The number of hydrogen-bond donors (Lipinski definition) is 2. The molecule has 0 aliphatic carbocycles. The lowest BCUT2D eigenvalue weighted by molar-refractivity contribution is -0.132. The number of methoxy groups -OCH3 is 1. The number of amides is 1. The predicted molar refractivity (Wildman–Crippen MR) is 135 cm³/mol. The molecule has 0 saturated carbocycles. The second-order valence-electron chi connectivity index (χ2n) is 8.26. The molecule has 3 aromatic carbocycles. The molecule has 36 heavy (non-hydrogen) atoms. The Hall–Kier alpha value is -4.24. The van der Waals surface area contributed by atoms with Gasteiger partial charge in [0, 0.05) is 5.56 Å². The number of thiazole rings is 1. The Balaban J connectivity index is 1.74. The Morgan fingerprint density at radius 2 is 1.86 bits per heavy atom. The normalized spacial score (nSPS) is 17.2. The van der Waals surface area contributed by atoms with Crippen LogP contribution in [0.5, 0.6) is 11.5 Å². The van der Waals surface area contributed by atoms with Crippen molar-refractivity contribution in [2.75, 3.05) is 12.0 Å². The average Bonchev–Trinajstić information content (AvgIpc) is 3.42. The number of carbonyl (C=O) groups is 2. The van der Waals surface area contributed by atoms with Crippen molar-refractivity contribution in [3.63, 3.8) is 0 Å². The maximum Gasteiger partial charge on any atom is 0.301 e. The summed E-state index contributed by atoms with van der Waals surface area (Å²) in [5, 5.41) is 21.5. The van der Waals surface area contributed by atoms with Crippen LogP contribution in [0.1, 0.15) is 29.7 Å². The van der Waals surface area contributed by atoms with Crippen LogP contribution in [0.3, 0.4) is 0 Å². The zero-order valence-corrected chi connectivity index (χ0v) is 20.2. The fraction of sp³-hybridized carbons (Fsp3) is 0.148. The highest BCUT2D eigenvalue weighted by molar-refractivity contribution is 7.22. The SMILES string of the molecule is CCc1ccc2nc(N3C(=O)C(=O)C(=C(O)c4ccc(F)cc4)[C@H]3c3ccc(O)c(OC)c3)sc2c1. The average molecular weight is 505 g/mol. The number of ketones is 1. The monoisotopic (exact) mass is 504 g/mol. The number of ether oxygens (including phenoxy) is 1. The number of Topliss-reactive ketones (excluding diaryl/α,β-unsaturated/α-hetero) is 1. The van der Waals surface area contributed by atoms with Gasteiger partial charge >= 0.3 is 5.91 Å². The van der Waals surface area contributed by atoms with E-state index in [1.165, 1.54) is 47.6 Å². The number of halogens is 1. The third kappa shape index (κ3) is 3.87. The van der Waals surface area contributed by atoms with Crippen LogP contribution < -0.4 is 9.64 Å². The number of aliphatic hydroxyl groups is 1. The van der Waals surface area contributed by atoms with Gasteiger partial charge < -0.3 is 14.9 Å². The van der Waals surface area contributed by atoms with E-state index < -0.39 is 29.3 Å². The van der Waals surface area contributed by atoms with Gasteiger partial charge in [0.05, 0.1) is 28.9 Å². The molecule has 1 fully saturated rings. The molecule has 182 valence electrons. The molecule has 1 aliphatic rings. The number of aromatic hydroxyl groups is 1. The van der Waals surface area contributed by atoms with Gasteiger partial charge in [0.1, 0.15) is 11.6 Å². The molecule has 0 radical (unpaired) electrons. The van der Waals surface area contributed by atoms with E-state index in [-0.39, 0.29) is 27.8 Å². The number of benzene rings is 3. The van der Waals surface area contributed by atoms with Crippen LogP contribution in [0.4, 0.5) is 9.52 Å². The molecule has 1 aromatic heterocycles. The molecule has 7 nitrogen and oxygen atoms in total. The molecular formula is C27H21FN2O5S. The van der Waals surface area contributed by atoms with Gasteiger partial charge in [0.2, 0.25) is 0 Å². The molecule has 2 heterocycles. The zero-order chi connectivity index (χ0) is 25.6. The Bertz CT molecular complexity index is 1540. The van der Waals surface area contributed by atoms with Crippen molar-refractivity contribution in [2.45, 2.75) is 19.4 Å². The van der Waals surface area contributed by atoms with Crippen LogP contribution in [0.2, 0.25) is 0 Å². The van der Waals surface area contributed by atoms with E-state index in [1.54, 1.807) is 6.07 Å². The lowest BCUT2D eigenvalue weighted by atomic mass is 9.95. The first-order chi connectivity index (χ1) is 17.3. The number of hydrogen-bond acceptors (Lipinski definition) is 7. The first-order valence-corrected chi connectivity index (χ1v) is 12.0. The maximum absolute atomic E-state index is 13.5. The van der Waals surface area contributed by atoms with Crippen molar-refractivity contribution < 1.29 is 28.9 Å². The highest BCUT2D eigenvalue weighted by atomic mass is 32.1. The Morgan fingerprint density at radius 3 is 2.56 bits per heavy atom. The number of aromatic nitrogens is 1. The number of aryl methyl sites for hydroxylation is 1. The van der Waals surface area contributed by atoms with Crippen LogP contribution >= 0.6 is 11.3 Å². The number of aliphatic hydroxyl groups excluding tert-OH is 1. The number of phenolic OH excluding ortho intramolecular Hbond substituents is 1. The van der Waals surface area contributed by atoms with Crippen LogP contribution in [-0.2, 0) is 16.0 Å². The summed E-state index contributed by atoms with van der Waals surface area (Å²) in [4.78, 5) is 32.5. The van der Waals surface area contributed by atoms with Crippen LogP contribution in [0.15, 0.2) is 66.2 Å². The third-order valence-electron chi connectivity index (χ3n) is 6.14. The molecule has 2 N–H and O–H groups in total. The number of anilines is 1. The van der Waals surface area contributed by atoms with E-state index in [2.05, 4.69) is 4.98 Å². The molecule has 1 aliphatic heterocycles. The molecule has 0 spiro atoms. The zero-order valence-electron chi connectivity index (χ0n) is 19.4. The topological polar surface area (TPSA) is 100.0 Å². The quantitative estimate of drug-likeness (QED) is 0.216. The van der Waals surface area contributed by atoms with Crippen molar-refractivity contribution in [2.24, 2.45) is 0 Å². The molecular weight excluding hydrogens is 483 g/mol. The fourth-order valence-corrected chi connectivity index (χ4v) is 5.31. The van der Waals surface area contributed by atoms with E-state index >= 15 is 0 Å². The second-order valence-corrected chi connectivity index (χ2v) is 9.27. The van der Waals surface area contributed by atoms with Gasteiger partial charge in [-0.15, -0.1) is 0 Å². The first kappa shape index (κ1) is 23.5. The number of nitrogens with zero attached hydrogens (tertiary/aromatic N) is 2. The van der Waals surface area contributed by atoms with E-state index in [0.717, 1.165) is 28.8 Å². The Labute approximate surface area is 209 Å². The Morgan fingerprint density at radius 1 is 1.11 bits per heavy atom. The summed E-state index contributed by atoms with van der Waals surface area (Å²) in [6, 6.07) is 14.1. The van der Waals surface area contributed by atoms with Crippen LogP contribution in [0.25, 0.3) is 16.0 Å². The number of carbonyl (C=O) groups excluding carboxylic acids is 2. The van der Waals surface area contributed by atoms with Gasteiger partial charge in [-0.2, -0.15) is 0 Å². The molecule has 1 amide bonds. The fourth-order valence-electron chi connectivity index (χ4n) is 4.25. The molecule has 5 rings (SSSR count). The molecule has 1 saturated heterocycles. The molecule has 4 aromatic rings. The summed E-state index contributed by atoms with van der Waals surface area (Å²) >= 11 is 1.26. The van der Waals surface area contributed by atoms with Gasteiger partial charge in [-0.3, -0.25) is 14.5 Å². The minimum Gasteiger partial charge on any atom is -0.507 e. The molecule has 0 unspecified atom stereocenters. The van der Waals surface area contributed by atoms with Crippen molar-refractivity contribution >= 4 is 44.1 Å². The smallest absolute Gasteiger partial charge is 0.301 e. The van der Waals surface area contributed by atoms with Gasteiger partial charge in [-0.1, -0.05) is 30.4 Å². The molecule has 1 atom stereocenters. The first-order valence-electron chi connectivity index (χ1n) is 11.2. The minimum absolute atomic E-state index is 0.121. The largest absolute Gasteiger partial charge is 0.507 e. The lowest BCUT2D eigenvalue weighted by Gasteiger charge is -2.23. The van der Waals surface area contributed by atoms with Crippen molar-refractivity contribution in [1.29, 1.82) is 0 Å². The van der Waals surface area contributed by atoms with Crippen LogP contribution in [0, 0.1) is 5.82 Å². The number of rotatable bonds is 5. The molecule has 0 bridgehead atoms. The summed E-state index contributed by atoms with van der Waals surface area (Å²) in [6.07, 6.45) is 0.832. The highest BCUT2D eigenvalue weighted by Gasteiger charge is 2.48. The number of fused-ring (bicyclic) bond motifs is 1.